The van der Waals surface area contributed by atoms with E-state index in [1.54, 1.807) is 4.68 Å². The van der Waals surface area contributed by atoms with Crippen LogP contribution in [0.25, 0.3) is 16.6 Å². The third kappa shape index (κ3) is 3.11. The molecule has 1 atom stereocenters. The Labute approximate surface area is 175 Å². The molecule has 4 aromatic rings. The van der Waals surface area contributed by atoms with E-state index >= 15 is 0 Å². The predicted octanol–water partition coefficient (Wildman–Crippen LogP) is 4.59. The van der Waals surface area contributed by atoms with E-state index in [0.29, 0.717) is 23.3 Å². The second-order valence-electron chi connectivity index (χ2n) is 7.23. The molecule has 3 aromatic carbocycles. The number of hydrogen-bond donors (Lipinski definition) is 1. The second-order valence-corrected chi connectivity index (χ2v) is 7.23. The first-order valence-electron chi connectivity index (χ1n) is 9.61. The maximum atomic E-state index is 14.2. The highest BCUT2D eigenvalue weighted by Gasteiger charge is 2.56. The molecule has 0 saturated heterocycles. The van der Waals surface area contributed by atoms with Crippen LogP contribution in [0.1, 0.15) is 11.1 Å². The lowest BCUT2D eigenvalue weighted by molar-refractivity contribution is -0.248. The van der Waals surface area contributed by atoms with Gasteiger partial charge in [-0.05, 0) is 42.0 Å². The molecule has 1 aromatic heterocycles. The summed E-state index contributed by atoms with van der Waals surface area (Å²) in [5.74, 6) is 0.517. The first-order chi connectivity index (χ1) is 14.9. The summed E-state index contributed by atoms with van der Waals surface area (Å²) < 4.78 is 55.1. The number of aromatic nitrogens is 2. The highest BCUT2D eigenvalue weighted by molar-refractivity contribution is 5.81. The Morgan fingerprint density at radius 2 is 1.52 bits per heavy atom. The predicted molar refractivity (Wildman–Crippen MR) is 108 cm³/mol. The number of halogens is 3. The lowest BCUT2D eigenvalue weighted by Crippen LogP contribution is -2.43. The van der Waals surface area contributed by atoms with Crippen LogP contribution < -0.4 is 9.47 Å². The Bertz CT molecular complexity index is 1250. The van der Waals surface area contributed by atoms with Crippen LogP contribution in [0.2, 0.25) is 0 Å². The molecular weight excluding hydrogens is 409 g/mol. The molecular formula is C23H17F3N2O3. The highest BCUT2D eigenvalue weighted by atomic mass is 19.4. The summed E-state index contributed by atoms with van der Waals surface area (Å²) in [6, 6.07) is 17.1. The van der Waals surface area contributed by atoms with E-state index in [-0.39, 0.29) is 23.5 Å². The van der Waals surface area contributed by atoms with Crippen molar-refractivity contribution in [1.82, 2.24) is 9.78 Å². The minimum atomic E-state index is -4.97. The Hall–Kier alpha value is -3.52. The molecule has 0 bridgehead atoms. The van der Waals surface area contributed by atoms with Gasteiger partial charge in [-0.25, -0.2) is 4.68 Å². The maximum Gasteiger partial charge on any atom is 0.425 e. The molecule has 0 saturated carbocycles. The van der Waals surface area contributed by atoms with E-state index in [0.717, 1.165) is 5.69 Å². The third-order valence-corrected chi connectivity index (χ3v) is 5.36. The van der Waals surface area contributed by atoms with E-state index in [1.165, 1.54) is 42.6 Å². The van der Waals surface area contributed by atoms with Crippen molar-refractivity contribution in [3.63, 3.8) is 0 Å². The minimum Gasteiger partial charge on any atom is -0.486 e. The molecule has 31 heavy (non-hydrogen) atoms. The van der Waals surface area contributed by atoms with Gasteiger partial charge in [-0.1, -0.05) is 30.3 Å². The van der Waals surface area contributed by atoms with Crippen molar-refractivity contribution < 1.29 is 27.8 Å². The highest BCUT2D eigenvalue weighted by Crippen LogP contribution is 2.47. The van der Waals surface area contributed by atoms with Crippen molar-refractivity contribution in [3.8, 4) is 17.2 Å². The third-order valence-electron chi connectivity index (χ3n) is 5.36. The zero-order valence-electron chi connectivity index (χ0n) is 16.1. The van der Waals surface area contributed by atoms with Crippen LogP contribution in [0.5, 0.6) is 11.5 Å². The molecule has 0 aliphatic carbocycles. The lowest BCUT2D eigenvalue weighted by Gasteiger charge is -2.32. The summed E-state index contributed by atoms with van der Waals surface area (Å²) in [6.45, 7) is 0.545. The fraction of sp³-hybridized carbons (Fsp3) is 0.174. The number of alkyl halides is 3. The molecule has 1 aliphatic heterocycles. The van der Waals surface area contributed by atoms with E-state index in [4.69, 9.17) is 9.47 Å². The molecule has 8 heteroatoms. The van der Waals surface area contributed by atoms with Crippen LogP contribution in [0, 0.1) is 0 Å². The van der Waals surface area contributed by atoms with Crippen LogP contribution in [0.3, 0.4) is 0 Å². The number of hydrogen-bond acceptors (Lipinski definition) is 4. The topological polar surface area (TPSA) is 56.5 Å². The van der Waals surface area contributed by atoms with Crippen LogP contribution in [-0.4, -0.2) is 34.3 Å². The molecule has 0 fully saturated rings. The zero-order valence-corrected chi connectivity index (χ0v) is 16.1. The fourth-order valence-corrected chi connectivity index (χ4v) is 3.80. The van der Waals surface area contributed by atoms with Crippen molar-refractivity contribution in [3.05, 3.63) is 84.1 Å². The molecule has 5 nitrogen and oxygen atoms in total. The minimum absolute atomic E-state index is 0.171. The Morgan fingerprint density at radius 3 is 2.26 bits per heavy atom. The van der Waals surface area contributed by atoms with Gasteiger partial charge in [0, 0.05) is 10.9 Å². The average molecular weight is 426 g/mol. The molecule has 1 aliphatic rings. The number of ether oxygens (including phenoxy) is 2. The van der Waals surface area contributed by atoms with Gasteiger partial charge in [-0.2, -0.15) is 18.3 Å². The SMILES string of the molecule is OC(c1ccc2c(c1)OCCO2)(c1ccc2c(cnn2-c2ccccc2)c1)C(F)(F)F. The summed E-state index contributed by atoms with van der Waals surface area (Å²) in [7, 11) is 0. The molecule has 0 amide bonds. The fourth-order valence-electron chi connectivity index (χ4n) is 3.80. The van der Waals surface area contributed by atoms with Crippen LogP contribution in [-0.2, 0) is 5.60 Å². The second kappa shape index (κ2) is 7.02. The summed E-state index contributed by atoms with van der Waals surface area (Å²) in [5, 5.41) is 15.8. The van der Waals surface area contributed by atoms with Gasteiger partial charge in [0.2, 0.25) is 5.60 Å². The van der Waals surface area contributed by atoms with E-state index < -0.39 is 11.8 Å². The standard InChI is InChI=1S/C23H17F3N2O3/c24-23(25,26)22(29,17-7-9-20-21(13-17)31-11-10-30-20)16-6-8-19-15(12-16)14-27-28(19)18-4-2-1-3-5-18/h1-9,12-14,29H,10-11H2. The van der Waals surface area contributed by atoms with Gasteiger partial charge in [0.15, 0.2) is 11.5 Å². The molecule has 2 heterocycles. The van der Waals surface area contributed by atoms with E-state index in [9.17, 15) is 18.3 Å². The van der Waals surface area contributed by atoms with Crippen LogP contribution in [0.4, 0.5) is 13.2 Å². The first-order valence-corrected chi connectivity index (χ1v) is 9.61. The van der Waals surface area contributed by atoms with Crippen molar-refractivity contribution in [2.75, 3.05) is 13.2 Å². The van der Waals surface area contributed by atoms with E-state index in [1.807, 2.05) is 30.3 Å². The van der Waals surface area contributed by atoms with Gasteiger partial charge in [0.25, 0.3) is 0 Å². The average Bonchev–Trinajstić information content (AvgIpc) is 3.21. The monoisotopic (exact) mass is 426 g/mol. The quantitative estimate of drug-likeness (QED) is 0.521. The number of rotatable bonds is 3. The Balaban J connectivity index is 1.64. The smallest absolute Gasteiger partial charge is 0.425 e. The zero-order chi connectivity index (χ0) is 21.6. The van der Waals surface area contributed by atoms with Crippen LogP contribution in [0.15, 0.2) is 72.9 Å². The summed E-state index contributed by atoms with van der Waals surface area (Å²) >= 11 is 0. The number of nitrogens with zero attached hydrogens (tertiary/aromatic N) is 2. The van der Waals surface area contributed by atoms with Crippen molar-refractivity contribution >= 4 is 10.9 Å². The van der Waals surface area contributed by atoms with Gasteiger partial charge < -0.3 is 14.6 Å². The van der Waals surface area contributed by atoms with Crippen molar-refractivity contribution in [2.45, 2.75) is 11.8 Å². The van der Waals surface area contributed by atoms with Crippen LogP contribution >= 0.6 is 0 Å². The van der Waals surface area contributed by atoms with Gasteiger partial charge in [-0.3, -0.25) is 0 Å². The van der Waals surface area contributed by atoms with Crippen molar-refractivity contribution in [1.29, 1.82) is 0 Å². The summed E-state index contributed by atoms with van der Waals surface area (Å²) in [4.78, 5) is 0. The first kappa shape index (κ1) is 19.4. The lowest BCUT2D eigenvalue weighted by atomic mass is 9.85. The number of fused-ring (bicyclic) bond motifs is 2. The Morgan fingerprint density at radius 1 is 0.839 bits per heavy atom. The van der Waals surface area contributed by atoms with Gasteiger partial charge in [0.05, 0.1) is 17.4 Å². The normalized spacial score (nSPS) is 15.6. The number of aliphatic hydroxyl groups is 1. The number of para-hydroxylation sites is 1. The molecule has 1 N–H and O–H groups in total. The molecule has 1 unspecified atom stereocenters. The molecule has 5 rings (SSSR count). The molecule has 0 spiro atoms. The van der Waals surface area contributed by atoms with Gasteiger partial charge in [-0.15, -0.1) is 0 Å². The molecule has 0 radical (unpaired) electrons. The number of benzene rings is 3. The molecule has 158 valence electrons. The maximum absolute atomic E-state index is 14.2. The van der Waals surface area contributed by atoms with E-state index in [2.05, 4.69) is 5.10 Å². The van der Waals surface area contributed by atoms with Crippen molar-refractivity contribution in [2.24, 2.45) is 0 Å². The summed E-state index contributed by atoms with van der Waals surface area (Å²) in [5.41, 5.74) is -2.48. The summed E-state index contributed by atoms with van der Waals surface area (Å²) in [6.07, 6.45) is -3.49. The Kier molecular flexibility index (Phi) is 4.40. The van der Waals surface area contributed by atoms with Gasteiger partial charge >= 0.3 is 6.18 Å². The largest absolute Gasteiger partial charge is 0.486 e. The van der Waals surface area contributed by atoms with Gasteiger partial charge in [0.1, 0.15) is 13.2 Å².